The van der Waals surface area contributed by atoms with Crippen LogP contribution in [-0.2, 0) is 0 Å². The van der Waals surface area contributed by atoms with Crippen LogP contribution in [0.4, 0.5) is 0 Å². The van der Waals surface area contributed by atoms with Crippen LogP contribution < -0.4 is 0 Å². The van der Waals surface area contributed by atoms with Crippen molar-refractivity contribution in [1.82, 2.24) is 34.3 Å². The number of likely N-dealkylation sites (tertiary alicyclic amines) is 1. The molecule has 136 valence electrons. The van der Waals surface area contributed by atoms with E-state index in [9.17, 15) is 4.79 Å². The first-order valence-corrected chi connectivity index (χ1v) is 9.03. The van der Waals surface area contributed by atoms with Gasteiger partial charge in [0.15, 0.2) is 0 Å². The van der Waals surface area contributed by atoms with Gasteiger partial charge in [0.1, 0.15) is 6.33 Å². The molecule has 0 aliphatic carbocycles. The van der Waals surface area contributed by atoms with E-state index in [2.05, 4.69) is 26.2 Å². The van der Waals surface area contributed by atoms with E-state index in [0.717, 1.165) is 30.8 Å². The first-order valence-electron chi connectivity index (χ1n) is 9.03. The fraction of sp³-hybridized carbons (Fsp3) is 0.500. The van der Waals surface area contributed by atoms with Crippen LogP contribution in [0, 0.1) is 6.92 Å². The second-order valence-electron chi connectivity index (χ2n) is 7.19. The Bertz CT molecular complexity index is 942. The Balaban J connectivity index is 1.58. The van der Waals surface area contributed by atoms with Crippen molar-refractivity contribution in [3.8, 4) is 0 Å². The lowest BCUT2D eigenvalue weighted by atomic mass is 9.93. The molecule has 0 spiro atoms. The number of aryl methyl sites for hydroxylation is 1. The van der Waals surface area contributed by atoms with E-state index in [4.69, 9.17) is 0 Å². The summed E-state index contributed by atoms with van der Waals surface area (Å²) in [5.41, 5.74) is 2.64. The van der Waals surface area contributed by atoms with Crippen molar-refractivity contribution >= 4 is 11.7 Å². The highest BCUT2D eigenvalue weighted by molar-refractivity contribution is 5.93. The second-order valence-corrected chi connectivity index (χ2v) is 7.19. The van der Waals surface area contributed by atoms with Crippen LogP contribution in [0.5, 0.6) is 0 Å². The molecule has 4 rings (SSSR count). The molecule has 1 fully saturated rings. The van der Waals surface area contributed by atoms with E-state index in [-0.39, 0.29) is 17.9 Å². The van der Waals surface area contributed by atoms with E-state index in [0.29, 0.717) is 17.9 Å². The van der Waals surface area contributed by atoms with Gasteiger partial charge < -0.3 is 4.90 Å². The first-order chi connectivity index (χ1) is 12.5. The predicted octanol–water partition coefficient (Wildman–Crippen LogP) is 2.23. The maximum absolute atomic E-state index is 12.9. The Morgan fingerprint density at radius 2 is 2.15 bits per heavy atom. The number of rotatable bonds is 3. The molecular formula is C18H23N7O. The molecule has 1 aliphatic heterocycles. The van der Waals surface area contributed by atoms with Gasteiger partial charge >= 0.3 is 0 Å². The number of carbonyl (C=O) groups excluding carboxylic acids is 1. The van der Waals surface area contributed by atoms with Gasteiger partial charge in [0.25, 0.3) is 11.7 Å². The minimum Gasteiger partial charge on any atom is -0.338 e. The van der Waals surface area contributed by atoms with Gasteiger partial charge in [-0.15, -0.1) is 0 Å². The van der Waals surface area contributed by atoms with E-state index < -0.39 is 0 Å². The number of nitrogens with zero attached hydrogens (tertiary/aromatic N) is 7. The summed E-state index contributed by atoms with van der Waals surface area (Å²) in [6.07, 6.45) is 7.01. The van der Waals surface area contributed by atoms with Crippen molar-refractivity contribution < 1.29 is 4.79 Å². The molecular weight excluding hydrogens is 330 g/mol. The zero-order chi connectivity index (χ0) is 18.3. The molecule has 3 aromatic rings. The smallest absolute Gasteiger partial charge is 0.257 e. The van der Waals surface area contributed by atoms with Crippen LogP contribution in [0.1, 0.15) is 60.4 Å². The summed E-state index contributed by atoms with van der Waals surface area (Å²) in [5, 5.41) is 8.60. The van der Waals surface area contributed by atoms with Crippen LogP contribution in [0.25, 0.3) is 5.78 Å². The van der Waals surface area contributed by atoms with E-state index >= 15 is 0 Å². The zero-order valence-electron chi connectivity index (χ0n) is 15.3. The van der Waals surface area contributed by atoms with Gasteiger partial charge in [0.05, 0.1) is 17.5 Å². The molecule has 1 saturated heterocycles. The lowest BCUT2D eigenvalue weighted by Gasteiger charge is -2.32. The normalized spacial score (nSPS) is 18.0. The van der Waals surface area contributed by atoms with Crippen molar-refractivity contribution in [2.45, 2.75) is 45.6 Å². The molecule has 8 heteroatoms. The summed E-state index contributed by atoms with van der Waals surface area (Å²) in [7, 11) is 0. The fourth-order valence-corrected chi connectivity index (χ4v) is 3.57. The van der Waals surface area contributed by atoms with Gasteiger partial charge in [-0.2, -0.15) is 15.2 Å². The summed E-state index contributed by atoms with van der Waals surface area (Å²) in [4.78, 5) is 23.5. The molecule has 0 saturated carbocycles. The highest BCUT2D eigenvalue weighted by Gasteiger charge is 2.28. The molecule has 1 aliphatic rings. The van der Waals surface area contributed by atoms with Crippen molar-refractivity contribution in [2.24, 2.45) is 0 Å². The molecule has 0 radical (unpaired) electrons. The maximum atomic E-state index is 12.9. The number of carbonyl (C=O) groups is 1. The van der Waals surface area contributed by atoms with Crippen LogP contribution >= 0.6 is 0 Å². The summed E-state index contributed by atoms with van der Waals surface area (Å²) in [5.74, 6) is 0.877. The second kappa shape index (κ2) is 6.51. The number of hydrogen-bond acceptors (Lipinski definition) is 5. The van der Waals surface area contributed by atoms with Gasteiger partial charge in [-0.1, -0.05) is 0 Å². The van der Waals surface area contributed by atoms with Gasteiger partial charge in [0, 0.05) is 36.9 Å². The number of hydrogen-bond donors (Lipinski definition) is 0. The molecule has 0 bridgehead atoms. The molecule has 0 N–H and O–H groups in total. The molecule has 1 atom stereocenters. The Hall–Kier alpha value is -2.77. The topological polar surface area (TPSA) is 81.2 Å². The highest BCUT2D eigenvalue weighted by atomic mass is 16.2. The van der Waals surface area contributed by atoms with Gasteiger partial charge in [-0.25, -0.2) is 9.50 Å². The Morgan fingerprint density at radius 1 is 1.31 bits per heavy atom. The van der Waals surface area contributed by atoms with Crippen LogP contribution in [-0.4, -0.2) is 53.3 Å². The summed E-state index contributed by atoms with van der Waals surface area (Å²) in [6, 6.07) is 2.29. The molecule has 26 heavy (non-hydrogen) atoms. The van der Waals surface area contributed by atoms with Crippen molar-refractivity contribution in [3.63, 3.8) is 0 Å². The molecule has 4 heterocycles. The summed E-state index contributed by atoms with van der Waals surface area (Å²) >= 11 is 0. The molecule has 1 amide bonds. The zero-order valence-corrected chi connectivity index (χ0v) is 15.3. The summed E-state index contributed by atoms with van der Waals surface area (Å²) < 4.78 is 3.61. The molecule has 1 unspecified atom stereocenters. The number of piperidine rings is 1. The molecule has 0 aromatic carbocycles. The number of amides is 1. The van der Waals surface area contributed by atoms with Crippen molar-refractivity contribution in [1.29, 1.82) is 0 Å². The SMILES string of the molecule is Cc1cc(C2CCCN(C(=O)c3cnn(C(C)C)c3)C2)n2ncnc2n1. The van der Waals surface area contributed by atoms with Crippen LogP contribution in [0.2, 0.25) is 0 Å². The Morgan fingerprint density at radius 3 is 2.92 bits per heavy atom. The largest absolute Gasteiger partial charge is 0.338 e. The van der Waals surface area contributed by atoms with Gasteiger partial charge in [0.2, 0.25) is 0 Å². The first kappa shape index (κ1) is 16.7. The molecule has 3 aromatic heterocycles. The molecule has 8 nitrogen and oxygen atoms in total. The van der Waals surface area contributed by atoms with E-state index in [1.54, 1.807) is 10.7 Å². The van der Waals surface area contributed by atoms with Crippen LogP contribution in [0.3, 0.4) is 0 Å². The monoisotopic (exact) mass is 353 g/mol. The van der Waals surface area contributed by atoms with Gasteiger partial charge in [-0.05, 0) is 39.7 Å². The van der Waals surface area contributed by atoms with Gasteiger partial charge in [-0.3, -0.25) is 9.48 Å². The van der Waals surface area contributed by atoms with Crippen molar-refractivity contribution in [3.05, 3.63) is 41.7 Å². The highest BCUT2D eigenvalue weighted by Crippen LogP contribution is 2.28. The third-order valence-corrected chi connectivity index (χ3v) is 4.91. The lowest BCUT2D eigenvalue weighted by Crippen LogP contribution is -2.39. The predicted molar refractivity (Wildman–Crippen MR) is 96.0 cm³/mol. The lowest BCUT2D eigenvalue weighted by molar-refractivity contribution is 0.0705. The van der Waals surface area contributed by atoms with Crippen LogP contribution in [0.15, 0.2) is 24.8 Å². The number of aromatic nitrogens is 6. The third kappa shape index (κ3) is 2.95. The van der Waals surface area contributed by atoms with E-state index in [1.807, 2.05) is 36.5 Å². The Kier molecular flexibility index (Phi) is 4.18. The third-order valence-electron chi connectivity index (χ3n) is 4.91. The quantitative estimate of drug-likeness (QED) is 0.721. The minimum atomic E-state index is 0.0437. The minimum absolute atomic E-state index is 0.0437. The number of fused-ring (bicyclic) bond motifs is 1. The fourth-order valence-electron chi connectivity index (χ4n) is 3.57. The average Bonchev–Trinajstić information content (AvgIpc) is 3.29. The average molecular weight is 353 g/mol. The van der Waals surface area contributed by atoms with E-state index in [1.165, 1.54) is 6.33 Å². The van der Waals surface area contributed by atoms with Crippen molar-refractivity contribution in [2.75, 3.05) is 13.1 Å². The Labute approximate surface area is 151 Å². The summed E-state index contributed by atoms with van der Waals surface area (Å²) in [6.45, 7) is 7.50. The maximum Gasteiger partial charge on any atom is 0.257 e. The standard InChI is InChI=1S/C18H23N7O/c1-12(2)24-10-15(8-20-24)17(26)23-6-4-5-14(9-23)16-7-13(3)22-18-19-11-21-25(16)18/h7-8,10-12,14H,4-6,9H2,1-3H3.